The fraction of sp³-hybridized carbons (Fsp3) is 0.0625. The molecule has 0 fully saturated rings. The van der Waals surface area contributed by atoms with Gasteiger partial charge in [0.1, 0.15) is 11.6 Å². The number of aromatic hydroxyl groups is 1. The minimum Gasteiger partial charge on any atom is -0.507 e. The van der Waals surface area contributed by atoms with Gasteiger partial charge in [-0.05, 0) is 37.3 Å². The van der Waals surface area contributed by atoms with Crippen molar-refractivity contribution < 1.29 is 5.11 Å². The molecule has 1 heterocycles. The lowest BCUT2D eigenvalue weighted by Crippen LogP contribution is -2.20. The van der Waals surface area contributed by atoms with E-state index < -0.39 is 0 Å². The van der Waals surface area contributed by atoms with E-state index in [0.717, 1.165) is 4.47 Å². The summed E-state index contributed by atoms with van der Waals surface area (Å²) in [6.07, 6.45) is 1.44. The number of phenolic OH excluding ortho intramolecular Hbond substituents is 1. The van der Waals surface area contributed by atoms with Gasteiger partial charge in [0, 0.05) is 10.0 Å². The summed E-state index contributed by atoms with van der Waals surface area (Å²) in [5.74, 6) is 0.570. The molecule has 0 amide bonds. The Hall–Kier alpha value is -2.47. The van der Waals surface area contributed by atoms with Crippen LogP contribution in [0.3, 0.4) is 0 Å². The van der Waals surface area contributed by atoms with Crippen LogP contribution in [-0.4, -0.2) is 21.0 Å². The van der Waals surface area contributed by atoms with Crippen LogP contribution in [0.4, 0.5) is 0 Å². The number of phenols is 1. The van der Waals surface area contributed by atoms with E-state index in [9.17, 15) is 9.90 Å². The molecule has 1 aromatic heterocycles. The number of fused-ring (bicyclic) bond motifs is 1. The molecule has 0 aliphatic rings. The van der Waals surface area contributed by atoms with Crippen molar-refractivity contribution >= 4 is 33.0 Å². The van der Waals surface area contributed by atoms with Crippen LogP contribution in [0.25, 0.3) is 10.9 Å². The van der Waals surface area contributed by atoms with Gasteiger partial charge in [0.25, 0.3) is 5.56 Å². The second-order valence-corrected chi connectivity index (χ2v) is 5.66. The van der Waals surface area contributed by atoms with E-state index in [2.05, 4.69) is 26.0 Å². The first-order valence-corrected chi connectivity index (χ1v) is 7.37. The van der Waals surface area contributed by atoms with Crippen LogP contribution in [0.2, 0.25) is 0 Å². The molecule has 0 unspecified atom stereocenters. The Morgan fingerprint density at radius 3 is 2.86 bits per heavy atom. The fourth-order valence-electron chi connectivity index (χ4n) is 2.12. The highest BCUT2D eigenvalue weighted by Gasteiger charge is 2.06. The number of aryl methyl sites for hydroxylation is 1. The zero-order valence-electron chi connectivity index (χ0n) is 11.7. The molecule has 22 heavy (non-hydrogen) atoms. The summed E-state index contributed by atoms with van der Waals surface area (Å²) in [6, 6.07) is 12.1. The quantitative estimate of drug-likeness (QED) is 0.716. The van der Waals surface area contributed by atoms with Crippen molar-refractivity contribution in [1.29, 1.82) is 0 Å². The van der Waals surface area contributed by atoms with Gasteiger partial charge in [-0.1, -0.05) is 28.1 Å². The van der Waals surface area contributed by atoms with E-state index in [1.807, 2.05) is 6.07 Å². The Morgan fingerprint density at radius 1 is 1.27 bits per heavy atom. The molecule has 5 nitrogen and oxygen atoms in total. The van der Waals surface area contributed by atoms with Gasteiger partial charge in [0.2, 0.25) is 0 Å². The summed E-state index contributed by atoms with van der Waals surface area (Å²) in [6.45, 7) is 1.71. The number of halogens is 1. The summed E-state index contributed by atoms with van der Waals surface area (Å²) >= 11 is 3.33. The topological polar surface area (TPSA) is 67.5 Å². The first kappa shape index (κ1) is 14.5. The van der Waals surface area contributed by atoms with Crippen molar-refractivity contribution in [3.05, 3.63) is 68.7 Å². The number of hydrogen-bond acceptors (Lipinski definition) is 4. The lowest BCUT2D eigenvalue weighted by atomic mass is 10.2. The van der Waals surface area contributed by atoms with E-state index in [1.165, 1.54) is 10.9 Å². The van der Waals surface area contributed by atoms with Crippen LogP contribution < -0.4 is 5.56 Å². The van der Waals surface area contributed by atoms with Gasteiger partial charge < -0.3 is 5.11 Å². The van der Waals surface area contributed by atoms with Crippen molar-refractivity contribution in [1.82, 2.24) is 9.66 Å². The Bertz CT molecular complexity index is 948. The smallest absolute Gasteiger partial charge is 0.282 e. The molecule has 0 spiro atoms. The number of nitrogens with zero attached hydrogens (tertiary/aromatic N) is 3. The van der Waals surface area contributed by atoms with Crippen LogP contribution in [-0.2, 0) is 0 Å². The van der Waals surface area contributed by atoms with Crippen molar-refractivity contribution in [3.63, 3.8) is 0 Å². The SMILES string of the molecule is Cc1nc2ccccc2c(=O)n1N=Cc1cc(Br)ccc1O. The molecule has 0 aliphatic carbocycles. The van der Waals surface area contributed by atoms with Gasteiger partial charge in [-0.15, -0.1) is 0 Å². The maximum atomic E-state index is 12.5. The van der Waals surface area contributed by atoms with Gasteiger partial charge in [-0.2, -0.15) is 9.78 Å². The molecule has 0 atom stereocenters. The minimum absolute atomic E-state index is 0.0893. The van der Waals surface area contributed by atoms with E-state index in [-0.39, 0.29) is 11.3 Å². The third kappa shape index (κ3) is 2.65. The first-order valence-electron chi connectivity index (χ1n) is 6.57. The summed E-state index contributed by atoms with van der Waals surface area (Å²) in [5.41, 5.74) is 0.907. The molecule has 0 bridgehead atoms. The second kappa shape index (κ2) is 5.73. The zero-order chi connectivity index (χ0) is 15.7. The van der Waals surface area contributed by atoms with Crippen LogP contribution in [0.1, 0.15) is 11.4 Å². The maximum absolute atomic E-state index is 12.5. The number of rotatable bonds is 2. The summed E-state index contributed by atoms with van der Waals surface area (Å²) in [7, 11) is 0. The van der Waals surface area contributed by atoms with Crippen molar-refractivity contribution in [3.8, 4) is 5.75 Å². The third-order valence-electron chi connectivity index (χ3n) is 3.22. The Labute approximate surface area is 134 Å². The van der Waals surface area contributed by atoms with Crippen LogP contribution in [0.15, 0.2) is 56.8 Å². The molecule has 0 aliphatic heterocycles. The molecular weight excluding hydrogens is 346 g/mol. The molecule has 3 rings (SSSR count). The Morgan fingerprint density at radius 2 is 2.05 bits per heavy atom. The van der Waals surface area contributed by atoms with Crippen LogP contribution in [0, 0.1) is 6.92 Å². The van der Waals surface area contributed by atoms with E-state index in [0.29, 0.717) is 22.3 Å². The highest BCUT2D eigenvalue weighted by atomic mass is 79.9. The number of hydrogen-bond donors (Lipinski definition) is 1. The van der Waals surface area contributed by atoms with E-state index in [1.54, 1.807) is 43.3 Å². The maximum Gasteiger partial charge on any atom is 0.282 e. The molecule has 1 N–H and O–H groups in total. The summed E-state index contributed by atoms with van der Waals surface area (Å²) < 4.78 is 2.04. The fourth-order valence-corrected chi connectivity index (χ4v) is 2.50. The predicted molar refractivity (Wildman–Crippen MR) is 89.5 cm³/mol. The lowest BCUT2D eigenvalue weighted by Gasteiger charge is -2.05. The number of benzene rings is 2. The predicted octanol–water partition coefficient (Wildman–Crippen LogP) is 3.06. The van der Waals surface area contributed by atoms with Gasteiger partial charge in [-0.25, -0.2) is 4.98 Å². The highest BCUT2D eigenvalue weighted by molar-refractivity contribution is 9.10. The largest absolute Gasteiger partial charge is 0.507 e. The Kier molecular flexibility index (Phi) is 3.77. The van der Waals surface area contributed by atoms with Crippen molar-refractivity contribution in [2.24, 2.45) is 5.10 Å². The standard InChI is InChI=1S/C16H12BrN3O2/c1-10-19-14-5-3-2-4-13(14)16(22)20(10)18-9-11-8-12(17)6-7-15(11)21/h2-9,21H,1H3. The Balaban J connectivity index is 2.13. The molecule has 3 aromatic rings. The van der Waals surface area contributed by atoms with Crippen molar-refractivity contribution in [2.75, 3.05) is 0 Å². The average molecular weight is 358 g/mol. The number of para-hydroxylation sites is 1. The first-order chi connectivity index (χ1) is 10.6. The van der Waals surface area contributed by atoms with E-state index >= 15 is 0 Å². The minimum atomic E-state index is -0.242. The van der Waals surface area contributed by atoms with Crippen LogP contribution >= 0.6 is 15.9 Å². The third-order valence-corrected chi connectivity index (χ3v) is 3.71. The van der Waals surface area contributed by atoms with Gasteiger partial charge in [-0.3, -0.25) is 4.79 Å². The monoisotopic (exact) mass is 357 g/mol. The molecule has 0 saturated carbocycles. The summed E-state index contributed by atoms with van der Waals surface area (Å²) in [4.78, 5) is 16.8. The normalized spacial score (nSPS) is 11.4. The highest BCUT2D eigenvalue weighted by Crippen LogP contribution is 2.20. The lowest BCUT2D eigenvalue weighted by molar-refractivity contribution is 0.474. The van der Waals surface area contributed by atoms with Gasteiger partial charge >= 0.3 is 0 Å². The molecule has 110 valence electrons. The van der Waals surface area contributed by atoms with Gasteiger partial charge in [0.05, 0.1) is 17.1 Å². The van der Waals surface area contributed by atoms with E-state index in [4.69, 9.17) is 0 Å². The number of aromatic nitrogens is 2. The van der Waals surface area contributed by atoms with Crippen molar-refractivity contribution in [2.45, 2.75) is 6.92 Å². The van der Waals surface area contributed by atoms with Crippen LogP contribution in [0.5, 0.6) is 5.75 Å². The zero-order valence-corrected chi connectivity index (χ0v) is 13.3. The van der Waals surface area contributed by atoms with Gasteiger partial charge in [0.15, 0.2) is 0 Å². The molecule has 0 radical (unpaired) electrons. The molecule has 6 heteroatoms. The second-order valence-electron chi connectivity index (χ2n) is 4.74. The average Bonchev–Trinajstić information content (AvgIpc) is 2.50. The molecule has 0 saturated heterocycles. The molecular formula is C16H12BrN3O2. The molecule has 2 aromatic carbocycles. The summed E-state index contributed by atoms with van der Waals surface area (Å²) in [5, 5.41) is 14.5.